The summed E-state index contributed by atoms with van der Waals surface area (Å²) in [6.07, 6.45) is -4.36. The second-order valence-electron chi connectivity index (χ2n) is 17.8. The number of aldehydes is 1. The van der Waals surface area contributed by atoms with Crippen molar-refractivity contribution in [2.75, 3.05) is 21.2 Å². The Bertz CT molecular complexity index is 1520. The van der Waals surface area contributed by atoms with Gasteiger partial charge in [0.05, 0.1) is 36.9 Å². The van der Waals surface area contributed by atoms with Crippen molar-refractivity contribution in [2.24, 2.45) is 17.8 Å². The van der Waals surface area contributed by atoms with Crippen LogP contribution in [0.5, 0.6) is 0 Å². The van der Waals surface area contributed by atoms with Crippen molar-refractivity contribution >= 4 is 30.2 Å². The molecule has 0 spiro atoms. The van der Waals surface area contributed by atoms with E-state index in [2.05, 4.69) is 0 Å². The highest BCUT2D eigenvalue weighted by molar-refractivity contribution is 5.72. The Morgan fingerprint density at radius 3 is 2.24 bits per heavy atom. The van der Waals surface area contributed by atoms with Gasteiger partial charge in [-0.2, -0.15) is 0 Å². The van der Waals surface area contributed by atoms with Crippen LogP contribution in [0, 0.1) is 17.8 Å². The largest absolute Gasteiger partial charge is 0.462 e. The van der Waals surface area contributed by atoms with Gasteiger partial charge in [-0.1, -0.05) is 52.0 Å². The minimum atomic E-state index is -1.53. The molecule has 0 amide bonds. The summed E-state index contributed by atoms with van der Waals surface area (Å²) in [5, 5.41) is 22.8. The Hall–Kier alpha value is -3.29. The molecular weight excluding hydrogens is 810 g/mol. The van der Waals surface area contributed by atoms with Crippen LogP contribution in [0.4, 0.5) is 0 Å². The number of cyclic esters (lactones) is 1. The third-order valence-electron chi connectivity index (χ3n) is 11.4. The Morgan fingerprint density at radius 1 is 0.968 bits per heavy atom. The van der Waals surface area contributed by atoms with Crippen LogP contribution in [0.3, 0.4) is 0 Å². The number of allylic oxidation sites excluding steroid dienone is 2. The molecule has 0 aromatic carbocycles. The van der Waals surface area contributed by atoms with Crippen LogP contribution in [0.2, 0.25) is 0 Å². The maximum absolute atomic E-state index is 13.4. The number of ether oxygens (including phenoxy) is 9. The topological polar surface area (TPSA) is 212 Å². The second kappa shape index (κ2) is 24.7. The summed E-state index contributed by atoms with van der Waals surface area (Å²) in [5.41, 5.74) is -1.53. The highest BCUT2D eigenvalue weighted by Gasteiger charge is 2.54. The van der Waals surface area contributed by atoms with Crippen LogP contribution in [0.1, 0.15) is 107 Å². The highest BCUT2D eigenvalue weighted by Crippen LogP contribution is 2.38. The van der Waals surface area contributed by atoms with Crippen LogP contribution >= 0.6 is 0 Å². The van der Waals surface area contributed by atoms with Gasteiger partial charge in [0, 0.05) is 46.1 Å². The fraction of sp³-hybridized carbons (Fsp3) is 0.800. The molecule has 2 N–H and O–H groups in total. The molecular formula is C45H73NO16. The number of aliphatic hydroxyl groups excluding tert-OH is 1. The van der Waals surface area contributed by atoms with Crippen LogP contribution in [0.15, 0.2) is 24.3 Å². The molecule has 3 heterocycles. The summed E-state index contributed by atoms with van der Waals surface area (Å²) in [6.45, 7) is 15.1. The van der Waals surface area contributed by atoms with Crippen molar-refractivity contribution in [2.45, 2.75) is 193 Å². The van der Waals surface area contributed by atoms with E-state index < -0.39 is 127 Å². The number of esters is 4. The van der Waals surface area contributed by atoms with E-state index >= 15 is 0 Å². The summed E-state index contributed by atoms with van der Waals surface area (Å²) in [7, 11) is 4.89. The van der Waals surface area contributed by atoms with Gasteiger partial charge >= 0.3 is 23.9 Å². The number of carbonyl (C=O) groups excluding carboxylic acids is 5. The van der Waals surface area contributed by atoms with Gasteiger partial charge in [-0.3, -0.25) is 19.2 Å². The van der Waals surface area contributed by atoms with E-state index in [1.807, 2.05) is 20.8 Å². The Labute approximate surface area is 367 Å². The first kappa shape index (κ1) is 53.1. The fourth-order valence-electron chi connectivity index (χ4n) is 8.41. The third kappa shape index (κ3) is 15.5. The van der Waals surface area contributed by atoms with Gasteiger partial charge in [0.1, 0.15) is 36.3 Å². The summed E-state index contributed by atoms with van der Waals surface area (Å²) in [4.78, 5) is 66.1. The van der Waals surface area contributed by atoms with Crippen molar-refractivity contribution in [3.63, 3.8) is 0 Å². The summed E-state index contributed by atoms with van der Waals surface area (Å²) in [5.74, 6) is -3.52. The molecule has 15 unspecified atom stereocenters. The Balaban J connectivity index is 2.10. The van der Waals surface area contributed by atoms with Gasteiger partial charge in [0.15, 0.2) is 24.8 Å². The van der Waals surface area contributed by atoms with Crippen LogP contribution in [-0.4, -0.2) is 152 Å². The number of methoxy groups -OCH3 is 1. The summed E-state index contributed by atoms with van der Waals surface area (Å²) < 4.78 is 55.5. The lowest BCUT2D eigenvalue weighted by Crippen LogP contribution is -2.66. The highest BCUT2D eigenvalue weighted by atomic mass is 16.7. The first-order valence-electron chi connectivity index (χ1n) is 21.9. The lowest BCUT2D eigenvalue weighted by atomic mass is 9.82. The zero-order chi connectivity index (χ0) is 46.5. The number of hydrogen-bond donors (Lipinski definition) is 2. The SMILES string of the molecule is CCC(=O)OC1C(OC2C(CC=O)CC(C)C(O)C=CC=CCC(C)OC(=O)CC(OC(C)=O)C2OC)OC(C)C(OC2C[C@@](C)(O)C(OC(=O)CC(C)C)C(C)O2)C1N(C)C. The lowest BCUT2D eigenvalue weighted by molar-refractivity contribution is -0.345. The molecule has 0 aliphatic carbocycles. The average Bonchev–Trinajstić information content (AvgIpc) is 3.15. The number of nitrogens with zero attached hydrogens (tertiary/aromatic N) is 1. The second-order valence-corrected chi connectivity index (χ2v) is 17.8. The number of likely N-dealkylation sites (N-methyl/N-ethyl adjacent to an activating group) is 1. The van der Waals surface area contributed by atoms with Crippen molar-refractivity contribution in [1.29, 1.82) is 0 Å². The quantitative estimate of drug-likeness (QED) is 0.144. The summed E-state index contributed by atoms with van der Waals surface area (Å²) >= 11 is 0. The molecule has 2 saturated heterocycles. The predicted molar refractivity (Wildman–Crippen MR) is 224 cm³/mol. The normalized spacial score (nSPS) is 37.7. The van der Waals surface area contributed by atoms with Crippen molar-refractivity contribution in [3.05, 3.63) is 24.3 Å². The van der Waals surface area contributed by atoms with Gasteiger partial charge in [-0.15, -0.1) is 0 Å². The number of rotatable bonds is 14. The molecule has 3 aliphatic heterocycles. The van der Waals surface area contributed by atoms with Crippen LogP contribution in [-0.2, 0) is 66.6 Å². The molecule has 17 heteroatoms. The third-order valence-corrected chi connectivity index (χ3v) is 11.4. The molecule has 0 bridgehead atoms. The van der Waals surface area contributed by atoms with Gasteiger partial charge in [-0.25, -0.2) is 0 Å². The smallest absolute Gasteiger partial charge is 0.309 e. The molecule has 0 saturated carbocycles. The van der Waals surface area contributed by atoms with Crippen molar-refractivity contribution in [1.82, 2.24) is 4.90 Å². The fourth-order valence-corrected chi connectivity index (χ4v) is 8.41. The molecule has 17 nitrogen and oxygen atoms in total. The number of hydrogen-bond acceptors (Lipinski definition) is 17. The van der Waals surface area contributed by atoms with Gasteiger partial charge < -0.3 is 62.5 Å². The van der Waals surface area contributed by atoms with E-state index in [0.717, 1.165) is 0 Å². The van der Waals surface area contributed by atoms with Crippen molar-refractivity contribution < 1.29 is 76.8 Å². The number of aliphatic hydroxyl groups is 2. The molecule has 0 aromatic rings. The Kier molecular flexibility index (Phi) is 21.1. The van der Waals surface area contributed by atoms with Gasteiger partial charge in [-0.05, 0) is 66.0 Å². The first-order chi connectivity index (χ1) is 29.1. The van der Waals surface area contributed by atoms with E-state index in [0.29, 0.717) is 12.7 Å². The zero-order valence-corrected chi connectivity index (χ0v) is 38.6. The van der Waals surface area contributed by atoms with E-state index in [4.69, 9.17) is 42.6 Å². The zero-order valence-electron chi connectivity index (χ0n) is 38.6. The molecule has 0 radical (unpaired) electrons. The standard InChI is InChI=1S/C45H73NO16/c1-13-34(50)59-42-38(46(10)11)39(61-37-24-45(9,53)43(29(7)56-37)60-35(51)21-25(2)3)28(6)57-44(42)62-40-31(19-20-47)22-26(4)32(49)18-16-14-15-17-27(5)55-36(52)23-33(41(40)54-12)58-30(8)48/h14-16,18,20,25-29,31-33,37-44,49,53H,13,17,19,21-24H2,1-12H3/t26?,27?,28?,29?,31?,32?,33?,37?,38?,39?,40?,41?,42?,43?,44?,45-/m1/s1. The monoisotopic (exact) mass is 883 g/mol. The molecule has 3 aliphatic rings. The molecule has 354 valence electrons. The van der Waals surface area contributed by atoms with Crippen LogP contribution in [0.25, 0.3) is 0 Å². The molecule has 16 atom stereocenters. The average molecular weight is 884 g/mol. The van der Waals surface area contributed by atoms with E-state index in [9.17, 15) is 34.2 Å². The predicted octanol–water partition coefficient (Wildman–Crippen LogP) is 3.97. The van der Waals surface area contributed by atoms with Gasteiger partial charge in [0.25, 0.3) is 0 Å². The first-order valence-corrected chi connectivity index (χ1v) is 21.9. The van der Waals surface area contributed by atoms with Crippen molar-refractivity contribution in [3.8, 4) is 0 Å². The minimum Gasteiger partial charge on any atom is -0.462 e. The van der Waals surface area contributed by atoms with Crippen LogP contribution < -0.4 is 0 Å². The minimum absolute atomic E-state index is 0.00145. The van der Waals surface area contributed by atoms with E-state index in [1.165, 1.54) is 14.0 Å². The van der Waals surface area contributed by atoms with E-state index in [-0.39, 0.29) is 38.0 Å². The molecule has 0 aromatic heterocycles. The lowest BCUT2D eigenvalue weighted by Gasteiger charge is -2.51. The molecule has 62 heavy (non-hydrogen) atoms. The Morgan fingerprint density at radius 2 is 1.66 bits per heavy atom. The summed E-state index contributed by atoms with van der Waals surface area (Å²) in [6, 6.07) is -0.777. The maximum atomic E-state index is 13.4. The maximum Gasteiger partial charge on any atom is 0.309 e. The molecule has 2 fully saturated rings. The van der Waals surface area contributed by atoms with Gasteiger partial charge in [0.2, 0.25) is 0 Å². The number of carbonyl (C=O) groups is 5. The molecule has 3 rings (SSSR count). The van der Waals surface area contributed by atoms with E-state index in [1.54, 1.807) is 77.9 Å².